The third-order valence-electron chi connectivity index (χ3n) is 4.59. The molecule has 2 aromatic carbocycles. The maximum absolute atomic E-state index is 11.8. The zero-order chi connectivity index (χ0) is 19.1. The Hall–Kier alpha value is -1.80. The summed E-state index contributed by atoms with van der Waals surface area (Å²) in [6.07, 6.45) is 1.65. The SMILES string of the molecule is CN=C(NCc1ccc(Cl)cc1)NCc1cccc(CN2CCCC2=O)c1.I. The Morgan fingerprint density at radius 2 is 1.75 bits per heavy atom. The Kier molecular flexibility index (Phi) is 9.05. The van der Waals surface area contributed by atoms with Gasteiger partial charge in [0, 0.05) is 44.7 Å². The van der Waals surface area contributed by atoms with E-state index in [9.17, 15) is 4.79 Å². The molecule has 0 radical (unpaired) electrons. The quantitative estimate of drug-likeness (QED) is 0.350. The highest BCUT2D eigenvalue weighted by atomic mass is 127. The zero-order valence-corrected chi connectivity index (χ0v) is 19.0. The first kappa shape index (κ1) is 22.5. The number of halogens is 2. The largest absolute Gasteiger partial charge is 0.352 e. The van der Waals surface area contributed by atoms with Crippen molar-refractivity contribution in [2.45, 2.75) is 32.5 Å². The molecule has 0 aromatic heterocycles. The maximum Gasteiger partial charge on any atom is 0.222 e. The third kappa shape index (κ3) is 6.67. The second kappa shape index (κ2) is 11.3. The monoisotopic (exact) mass is 512 g/mol. The molecule has 1 aliphatic rings. The zero-order valence-electron chi connectivity index (χ0n) is 16.0. The molecule has 7 heteroatoms. The van der Waals surface area contributed by atoms with Crippen LogP contribution in [0.25, 0.3) is 0 Å². The van der Waals surface area contributed by atoms with E-state index in [2.05, 4.69) is 33.8 Å². The first-order valence-corrected chi connectivity index (χ1v) is 9.56. The van der Waals surface area contributed by atoms with Gasteiger partial charge < -0.3 is 15.5 Å². The molecule has 2 N–H and O–H groups in total. The molecule has 1 saturated heterocycles. The highest BCUT2D eigenvalue weighted by Gasteiger charge is 2.19. The van der Waals surface area contributed by atoms with Crippen LogP contribution in [0, 0.1) is 0 Å². The van der Waals surface area contributed by atoms with Gasteiger partial charge in [-0.15, -0.1) is 24.0 Å². The van der Waals surface area contributed by atoms with E-state index in [1.165, 1.54) is 0 Å². The first-order valence-electron chi connectivity index (χ1n) is 9.18. The first-order chi connectivity index (χ1) is 13.1. The van der Waals surface area contributed by atoms with Gasteiger partial charge in [-0.1, -0.05) is 48.0 Å². The fourth-order valence-electron chi connectivity index (χ4n) is 3.12. The average molecular weight is 513 g/mol. The molecule has 28 heavy (non-hydrogen) atoms. The van der Waals surface area contributed by atoms with Crippen LogP contribution in [0.15, 0.2) is 53.5 Å². The van der Waals surface area contributed by atoms with Crippen LogP contribution in [0.3, 0.4) is 0 Å². The highest BCUT2D eigenvalue weighted by molar-refractivity contribution is 14.0. The molecule has 0 bridgehead atoms. The number of hydrogen-bond acceptors (Lipinski definition) is 2. The van der Waals surface area contributed by atoms with E-state index in [0.717, 1.165) is 40.6 Å². The van der Waals surface area contributed by atoms with Crippen molar-refractivity contribution >= 4 is 47.4 Å². The van der Waals surface area contributed by atoms with Gasteiger partial charge in [0.05, 0.1) is 0 Å². The molecule has 0 aliphatic carbocycles. The van der Waals surface area contributed by atoms with Crippen LogP contribution in [0.4, 0.5) is 0 Å². The molecule has 3 rings (SSSR count). The fourth-order valence-corrected chi connectivity index (χ4v) is 3.25. The molecule has 2 aromatic rings. The van der Waals surface area contributed by atoms with Crippen LogP contribution in [0.2, 0.25) is 5.02 Å². The van der Waals surface area contributed by atoms with Crippen LogP contribution in [-0.2, 0) is 24.4 Å². The summed E-state index contributed by atoms with van der Waals surface area (Å²) in [5.74, 6) is 0.996. The number of nitrogens with zero attached hydrogens (tertiary/aromatic N) is 2. The minimum Gasteiger partial charge on any atom is -0.352 e. The molecule has 0 unspecified atom stereocenters. The minimum absolute atomic E-state index is 0. The van der Waals surface area contributed by atoms with E-state index < -0.39 is 0 Å². The van der Waals surface area contributed by atoms with Crippen molar-refractivity contribution in [3.8, 4) is 0 Å². The number of likely N-dealkylation sites (tertiary alicyclic amines) is 1. The summed E-state index contributed by atoms with van der Waals surface area (Å²) in [5.41, 5.74) is 3.46. The molecular formula is C21H26ClIN4O. The second-order valence-electron chi connectivity index (χ2n) is 6.64. The van der Waals surface area contributed by atoms with Crippen molar-refractivity contribution in [1.29, 1.82) is 0 Å². The molecule has 5 nitrogen and oxygen atoms in total. The number of carbonyl (C=O) groups is 1. The lowest BCUT2D eigenvalue weighted by Crippen LogP contribution is -2.36. The van der Waals surface area contributed by atoms with Gasteiger partial charge in [-0.2, -0.15) is 0 Å². The van der Waals surface area contributed by atoms with Crippen molar-refractivity contribution in [3.05, 3.63) is 70.2 Å². The summed E-state index contributed by atoms with van der Waals surface area (Å²) < 4.78 is 0. The predicted octanol–water partition coefficient (Wildman–Crippen LogP) is 3.95. The minimum atomic E-state index is 0. The topological polar surface area (TPSA) is 56.7 Å². The van der Waals surface area contributed by atoms with E-state index in [-0.39, 0.29) is 29.9 Å². The molecule has 0 spiro atoms. The lowest BCUT2D eigenvalue weighted by atomic mass is 10.1. The third-order valence-corrected chi connectivity index (χ3v) is 4.84. The Bertz CT molecular complexity index is 810. The number of benzene rings is 2. The van der Waals surface area contributed by atoms with Crippen molar-refractivity contribution in [1.82, 2.24) is 15.5 Å². The lowest BCUT2D eigenvalue weighted by molar-refractivity contribution is -0.128. The van der Waals surface area contributed by atoms with Crippen LogP contribution in [-0.4, -0.2) is 30.4 Å². The van der Waals surface area contributed by atoms with Crippen LogP contribution in [0.5, 0.6) is 0 Å². The van der Waals surface area contributed by atoms with E-state index >= 15 is 0 Å². The molecule has 1 amide bonds. The molecule has 1 fully saturated rings. The van der Waals surface area contributed by atoms with Gasteiger partial charge in [0.15, 0.2) is 5.96 Å². The summed E-state index contributed by atoms with van der Waals surface area (Å²) in [6, 6.07) is 16.1. The molecule has 1 heterocycles. The molecular weight excluding hydrogens is 487 g/mol. The maximum atomic E-state index is 11.8. The lowest BCUT2D eigenvalue weighted by Gasteiger charge is -2.16. The number of hydrogen-bond donors (Lipinski definition) is 2. The number of guanidine groups is 1. The second-order valence-corrected chi connectivity index (χ2v) is 7.08. The summed E-state index contributed by atoms with van der Waals surface area (Å²) in [5, 5.41) is 7.36. The van der Waals surface area contributed by atoms with Gasteiger partial charge in [0.25, 0.3) is 0 Å². The summed E-state index contributed by atoms with van der Waals surface area (Å²) in [6.45, 7) is 2.90. The van der Waals surface area contributed by atoms with Crippen molar-refractivity contribution in [3.63, 3.8) is 0 Å². The predicted molar refractivity (Wildman–Crippen MR) is 125 cm³/mol. The van der Waals surface area contributed by atoms with Gasteiger partial charge in [0.1, 0.15) is 0 Å². The number of rotatable bonds is 6. The highest BCUT2D eigenvalue weighted by Crippen LogP contribution is 2.15. The summed E-state index contributed by atoms with van der Waals surface area (Å²) in [7, 11) is 1.76. The fraction of sp³-hybridized carbons (Fsp3) is 0.333. The van der Waals surface area contributed by atoms with Crippen molar-refractivity contribution < 1.29 is 4.79 Å². The van der Waals surface area contributed by atoms with Crippen LogP contribution < -0.4 is 10.6 Å². The smallest absolute Gasteiger partial charge is 0.222 e. The van der Waals surface area contributed by atoms with Crippen molar-refractivity contribution in [2.75, 3.05) is 13.6 Å². The normalized spacial score (nSPS) is 14.0. The summed E-state index contributed by atoms with van der Waals surface area (Å²) in [4.78, 5) is 18.0. The number of carbonyl (C=O) groups excluding carboxylic acids is 1. The molecule has 0 atom stereocenters. The molecule has 0 saturated carbocycles. The Balaban J connectivity index is 0.00000280. The average Bonchev–Trinajstić information content (AvgIpc) is 3.08. The Morgan fingerprint density at radius 1 is 1.07 bits per heavy atom. The Labute approximate surface area is 188 Å². The number of aliphatic imine (C=N–C) groups is 1. The Morgan fingerprint density at radius 3 is 2.39 bits per heavy atom. The van der Waals surface area contributed by atoms with E-state index in [0.29, 0.717) is 26.1 Å². The van der Waals surface area contributed by atoms with Gasteiger partial charge in [-0.3, -0.25) is 9.79 Å². The van der Waals surface area contributed by atoms with Gasteiger partial charge >= 0.3 is 0 Å². The van der Waals surface area contributed by atoms with Crippen LogP contribution >= 0.6 is 35.6 Å². The van der Waals surface area contributed by atoms with Gasteiger partial charge in [-0.05, 0) is 35.2 Å². The van der Waals surface area contributed by atoms with E-state index in [1.54, 1.807) is 7.05 Å². The van der Waals surface area contributed by atoms with Crippen molar-refractivity contribution in [2.24, 2.45) is 4.99 Å². The van der Waals surface area contributed by atoms with Gasteiger partial charge in [-0.25, -0.2) is 0 Å². The molecule has 1 aliphatic heterocycles. The van der Waals surface area contributed by atoms with Crippen LogP contribution in [0.1, 0.15) is 29.5 Å². The number of nitrogens with one attached hydrogen (secondary N) is 2. The molecule has 150 valence electrons. The summed E-state index contributed by atoms with van der Waals surface area (Å²) >= 11 is 5.92. The number of amides is 1. The standard InChI is InChI=1S/C21H25ClN4O.HI/c1-23-21(24-13-16-7-9-19(22)10-8-16)25-14-17-4-2-5-18(12-17)15-26-11-3-6-20(26)27;/h2,4-5,7-10,12H,3,6,11,13-15H2,1H3,(H2,23,24,25);1H. The van der Waals surface area contributed by atoms with E-state index in [1.807, 2.05) is 35.2 Å². The van der Waals surface area contributed by atoms with Gasteiger partial charge in [0.2, 0.25) is 5.91 Å². The van der Waals surface area contributed by atoms with E-state index in [4.69, 9.17) is 11.6 Å².